The molecule has 0 radical (unpaired) electrons. The molecule has 0 saturated heterocycles. The van der Waals surface area contributed by atoms with Crippen LogP contribution < -0.4 is 0 Å². The second-order valence-electron chi connectivity index (χ2n) is 6.26. The third-order valence-electron chi connectivity index (χ3n) is 3.60. The van der Waals surface area contributed by atoms with Gasteiger partial charge in [0, 0.05) is 12.6 Å². The third kappa shape index (κ3) is 3.13. The number of benzene rings is 2. The van der Waals surface area contributed by atoms with Crippen molar-refractivity contribution < 1.29 is 5.11 Å². The third-order valence-corrected chi connectivity index (χ3v) is 3.60. The Morgan fingerprint density at radius 3 is 2.24 bits per heavy atom. The Labute approximate surface area is 126 Å². The highest BCUT2D eigenvalue weighted by molar-refractivity contribution is 5.79. The van der Waals surface area contributed by atoms with E-state index < -0.39 is 0 Å². The lowest BCUT2D eigenvalue weighted by molar-refractivity contribution is 0.477. The molecule has 0 aliphatic carbocycles. The van der Waals surface area contributed by atoms with E-state index in [1.54, 1.807) is 7.05 Å². The Morgan fingerprint density at radius 2 is 1.67 bits per heavy atom. The largest absolute Gasteiger partial charge is 0.505 e. The number of phenolic OH excluding ortho intramolecular Hbond substituents is 1. The van der Waals surface area contributed by atoms with E-state index in [0.717, 1.165) is 22.3 Å². The van der Waals surface area contributed by atoms with Gasteiger partial charge in [-0.2, -0.15) is 10.2 Å². The van der Waals surface area contributed by atoms with Crippen LogP contribution in [0.1, 0.15) is 31.9 Å². The number of rotatable bonds is 2. The van der Waals surface area contributed by atoms with Crippen molar-refractivity contribution in [1.29, 1.82) is 0 Å². The molecule has 2 aromatic carbocycles. The molecule has 0 fully saturated rings. The fourth-order valence-electron chi connectivity index (χ4n) is 2.32. The predicted molar refractivity (Wildman–Crippen MR) is 87.4 cm³/mol. The molecule has 0 aliphatic rings. The van der Waals surface area contributed by atoms with Crippen LogP contribution in [0.2, 0.25) is 0 Å². The lowest BCUT2D eigenvalue weighted by Crippen LogP contribution is -2.11. The summed E-state index contributed by atoms with van der Waals surface area (Å²) >= 11 is 0. The van der Waals surface area contributed by atoms with Gasteiger partial charge in [0.2, 0.25) is 0 Å². The van der Waals surface area contributed by atoms with Gasteiger partial charge in [-0.3, -0.25) is 0 Å². The van der Waals surface area contributed by atoms with E-state index >= 15 is 0 Å². The number of nitrogens with zero attached hydrogens (tertiary/aromatic N) is 2. The van der Waals surface area contributed by atoms with E-state index in [2.05, 4.69) is 31.0 Å². The summed E-state index contributed by atoms with van der Waals surface area (Å²) in [5, 5.41) is 18.4. The van der Waals surface area contributed by atoms with Gasteiger partial charge < -0.3 is 5.11 Å². The number of phenols is 1. The first kappa shape index (κ1) is 15.2. The monoisotopic (exact) mass is 282 g/mol. The van der Waals surface area contributed by atoms with Crippen LogP contribution in [-0.2, 0) is 5.41 Å². The van der Waals surface area contributed by atoms with Gasteiger partial charge in [0.25, 0.3) is 0 Å². The van der Waals surface area contributed by atoms with Crippen molar-refractivity contribution in [3.63, 3.8) is 0 Å². The van der Waals surface area contributed by atoms with Gasteiger partial charge in [-0.05, 0) is 41.2 Å². The zero-order valence-electron chi connectivity index (χ0n) is 13.3. The molecule has 0 atom stereocenters. The summed E-state index contributed by atoms with van der Waals surface area (Å²) in [6, 6.07) is 12.0. The van der Waals surface area contributed by atoms with Gasteiger partial charge in [-0.15, -0.1) is 0 Å². The van der Waals surface area contributed by atoms with Crippen molar-refractivity contribution in [3.05, 3.63) is 47.5 Å². The van der Waals surface area contributed by atoms with Crippen LogP contribution in [0.5, 0.6) is 5.75 Å². The minimum atomic E-state index is -0.0247. The maximum atomic E-state index is 10.5. The molecule has 3 nitrogen and oxygen atoms in total. The molecule has 0 heterocycles. The number of azo groups is 1. The van der Waals surface area contributed by atoms with Crippen LogP contribution in [0.4, 0.5) is 5.69 Å². The van der Waals surface area contributed by atoms with Crippen molar-refractivity contribution in [1.82, 2.24) is 0 Å². The molecule has 0 aliphatic heterocycles. The minimum absolute atomic E-state index is 0.0247. The molecule has 0 saturated carbocycles. The Morgan fingerprint density at radius 1 is 1.00 bits per heavy atom. The van der Waals surface area contributed by atoms with Crippen LogP contribution in [0.3, 0.4) is 0 Å². The number of hydrogen-bond donors (Lipinski definition) is 1. The summed E-state index contributed by atoms with van der Waals surface area (Å²) in [5.74, 6) is 0.183. The topological polar surface area (TPSA) is 45.0 Å². The van der Waals surface area contributed by atoms with Crippen molar-refractivity contribution in [2.24, 2.45) is 10.2 Å². The SMILES string of the molecule is C/N=N/c1cc(C(C)(C)C)cc(-c2ccccc2C)c1O. The highest BCUT2D eigenvalue weighted by atomic mass is 16.3. The molecule has 2 rings (SSSR count). The molecule has 3 heteroatoms. The first-order valence-corrected chi connectivity index (χ1v) is 7.08. The van der Waals surface area contributed by atoms with E-state index in [1.165, 1.54) is 0 Å². The fraction of sp³-hybridized carbons (Fsp3) is 0.333. The Bertz CT molecular complexity index is 682. The van der Waals surface area contributed by atoms with Gasteiger partial charge in [0.05, 0.1) is 0 Å². The van der Waals surface area contributed by atoms with Crippen molar-refractivity contribution in [2.45, 2.75) is 33.1 Å². The molecule has 1 N–H and O–H groups in total. The van der Waals surface area contributed by atoms with Gasteiger partial charge in [-0.25, -0.2) is 0 Å². The van der Waals surface area contributed by atoms with E-state index in [0.29, 0.717) is 5.69 Å². The summed E-state index contributed by atoms with van der Waals surface area (Å²) in [6.45, 7) is 8.48. The van der Waals surface area contributed by atoms with Gasteiger partial charge >= 0.3 is 0 Å². The van der Waals surface area contributed by atoms with Crippen LogP contribution in [0, 0.1) is 6.92 Å². The lowest BCUT2D eigenvalue weighted by atomic mass is 9.84. The highest BCUT2D eigenvalue weighted by Crippen LogP contribution is 2.42. The second kappa shape index (κ2) is 5.68. The summed E-state index contributed by atoms with van der Waals surface area (Å²) in [7, 11) is 1.61. The van der Waals surface area contributed by atoms with Gasteiger partial charge in [0.15, 0.2) is 5.75 Å². The number of hydrogen-bond acceptors (Lipinski definition) is 3. The van der Waals surface area contributed by atoms with Crippen molar-refractivity contribution in [3.8, 4) is 16.9 Å². The zero-order valence-corrected chi connectivity index (χ0v) is 13.3. The maximum Gasteiger partial charge on any atom is 0.150 e. The van der Waals surface area contributed by atoms with Gasteiger partial charge in [0.1, 0.15) is 5.69 Å². The average Bonchev–Trinajstić information content (AvgIpc) is 2.41. The predicted octanol–water partition coefficient (Wildman–Crippen LogP) is 5.38. The molecule has 21 heavy (non-hydrogen) atoms. The van der Waals surface area contributed by atoms with Crippen LogP contribution in [0.15, 0.2) is 46.6 Å². The smallest absolute Gasteiger partial charge is 0.150 e. The lowest BCUT2D eigenvalue weighted by Gasteiger charge is -2.22. The fourth-order valence-corrected chi connectivity index (χ4v) is 2.32. The first-order chi connectivity index (χ1) is 9.84. The number of aryl methyl sites for hydroxylation is 1. The van der Waals surface area contributed by atoms with Crippen molar-refractivity contribution >= 4 is 5.69 Å². The average molecular weight is 282 g/mol. The quantitative estimate of drug-likeness (QED) is 0.738. The summed E-state index contributed by atoms with van der Waals surface area (Å²) in [4.78, 5) is 0. The van der Waals surface area contributed by atoms with Crippen LogP contribution in [0.25, 0.3) is 11.1 Å². The zero-order chi connectivity index (χ0) is 15.6. The first-order valence-electron chi connectivity index (χ1n) is 7.08. The molecule has 0 bridgehead atoms. The molecule has 2 aromatic rings. The Balaban J connectivity index is 2.76. The molecule has 0 unspecified atom stereocenters. The molecular weight excluding hydrogens is 260 g/mol. The van der Waals surface area contributed by atoms with Crippen LogP contribution in [-0.4, -0.2) is 12.2 Å². The molecular formula is C18H22N2O. The standard InChI is InChI=1S/C18H22N2O/c1-12-8-6-7-9-14(12)15-10-13(18(2,3)4)11-16(17(15)21)20-19-5/h6-11,21H,1-5H3/b20-19+. The summed E-state index contributed by atoms with van der Waals surface area (Å²) < 4.78 is 0. The molecule has 110 valence electrons. The minimum Gasteiger partial charge on any atom is -0.505 e. The van der Waals surface area contributed by atoms with E-state index in [4.69, 9.17) is 0 Å². The Kier molecular flexibility index (Phi) is 4.12. The highest BCUT2D eigenvalue weighted by Gasteiger charge is 2.20. The van der Waals surface area contributed by atoms with Crippen LogP contribution >= 0.6 is 0 Å². The van der Waals surface area contributed by atoms with Gasteiger partial charge in [-0.1, -0.05) is 45.0 Å². The normalized spacial score (nSPS) is 12.0. The van der Waals surface area contributed by atoms with E-state index in [-0.39, 0.29) is 11.2 Å². The van der Waals surface area contributed by atoms with E-state index in [9.17, 15) is 5.11 Å². The molecule has 0 aromatic heterocycles. The van der Waals surface area contributed by atoms with Crippen molar-refractivity contribution in [2.75, 3.05) is 7.05 Å². The molecule has 0 amide bonds. The number of aromatic hydroxyl groups is 1. The summed E-state index contributed by atoms with van der Waals surface area (Å²) in [5.41, 5.74) is 4.57. The molecule has 0 spiro atoms. The summed E-state index contributed by atoms with van der Waals surface area (Å²) in [6.07, 6.45) is 0. The van der Waals surface area contributed by atoms with E-state index in [1.807, 2.05) is 43.3 Å². The maximum absolute atomic E-state index is 10.5. The second-order valence-corrected chi connectivity index (χ2v) is 6.26. The Hall–Kier alpha value is -2.16.